The molecule has 21 heavy (non-hydrogen) atoms. The second kappa shape index (κ2) is 5.79. The smallest absolute Gasteiger partial charge is 0.349 e. The number of carbonyl (C=O) groups is 1. The third kappa shape index (κ3) is 2.94. The molecule has 0 saturated heterocycles. The Hall–Kier alpha value is -2.62. The maximum Gasteiger partial charge on any atom is 0.349 e. The van der Waals surface area contributed by atoms with E-state index in [1.165, 1.54) is 22.5 Å². The number of hydrogen-bond acceptors (Lipinski definition) is 6. The Bertz CT molecular complexity index is 832. The summed E-state index contributed by atoms with van der Waals surface area (Å²) in [5.41, 5.74) is 4.76. The van der Waals surface area contributed by atoms with E-state index in [-0.39, 0.29) is 29.4 Å². The zero-order chi connectivity index (χ0) is 15.6. The summed E-state index contributed by atoms with van der Waals surface area (Å²) >= 11 is 5.23. The number of amidine groups is 1. The first-order chi connectivity index (χ1) is 9.93. The first kappa shape index (κ1) is 14.8. The second-order valence-electron chi connectivity index (χ2n) is 4.04. The monoisotopic (exact) mass is 314 g/mol. The summed E-state index contributed by atoms with van der Waals surface area (Å²) in [5.74, 6) is -1.18. The number of halogens is 1. The highest BCUT2D eigenvalue weighted by atomic mass is 35.5. The fraction of sp³-hybridized carbons (Fsp3) is 0.300. The molecule has 2 aromatic rings. The van der Waals surface area contributed by atoms with Gasteiger partial charge in [-0.05, 0) is 0 Å². The van der Waals surface area contributed by atoms with Crippen molar-refractivity contribution in [3.05, 3.63) is 27.2 Å². The minimum atomic E-state index is -0.754. The van der Waals surface area contributed by atoms with Gasteiger partial charge in [0.15, 0.2) is 17.0 Å². The maximum atomic E-state index is 11.8. The van der Waals surface area contributed by atoms with Gasteiger partial charge in [0.25, 0.3) is 5.56 Å². The lowest BCUT2D eigenvalue weighted by atomic mass is 10.5. The number of hydrogen-bond donors (Lipinski definition) is 2. The molecule has 0 saturated carbocycles. The van der Waals surface area contributed by atoms with E-state index in [4.69, 9.17) is 17.3 Å². The summed E-state index contributed by atoms with van der Waals surface area (Å²) in [7, 11) is 1.47. The van der Waals surface area contributed by atoms with E-state index in [0.717, 1.165) is 0 Å². The molecule has 0 aromatic carbocycles. The number of nitrogens with one attached hydrogen (secondary N) is 1. The Labute approximate surface area is 121 Å². The zero-order valence-corrected chi connectivity index (χ0v) is 11.6. The van der Waals surface area contributed by atoms with Crippen molar-refractivity contribution in [3.63, 3.8) is 0 Å². The van der Waals surface area contributed by atoms with Crippen LogP contribution in [0.25, 0.3) is 11.2 Å². The van der Waals surface area contributed by atoms with E-state index < -0.39 is 17.2 Å². The van der Waals surface area contributed by atoms with Gasteiger partial charge in [-0.3, -0.25) is 14.3 Å². The molecule has 11 heteroatoms. The normalized spacial score (nSPS) is 11.8. The third-order valence-corrected chi connectivity index (χ3v) is 2.80. The van der Waals surface area contributed by atoms with E-state index in [9.17, 15) is 14.4 Å². The van der Waals surface area contributed by atoms with Crippen LogP contribution in [-0.2, 0) is 23.2 Å². The predicted octanol–water partition coefficient (Wildman–Crippen LogP) is -1.52. The van der Waals surface area contributed by atoms with Gasteiger partial charge in [0, 0.05) is 7.05 Å². The van der Waals surface area contributed by atoms with Crippen molar-refractivity contribution in [2.24, 2.45) is 17.9 Å². The molecule has 3 N–H and O–H groups in total. The number of aromatic nitrogens is 4. The van der Waals surface area contributed by atoms with Crippen LogP contribution in [0.4, 0.5) is 0 Å². The molecule has 0 unspecified atom stereocenters. The van der Waals surface area contributed by atoms with Gasteiger partial charge < -0.3 is 15.1 Å². The van der Waals surface area contributed by atoms with Crippen molar-refractivity contribution in [1.29, 1.82) is 0 Å². The van der Waals surface area contributed by atoms with E-state index in [2.05, 4.69) is 20.0 Å². The quantitative estimate of drug-likeness (QED) is 0.231. The average molecular weight is 315 g/mol. The van der Waals surface area contributed by atoms with Gasteiger partial charge in [0.1, 0.15) is 5.88 Å². The highest BCUT2D eigenvalue weighted by Gasteiger charge is 2.12. The number of carbonyl (C=O) groups excluding carboxylic acids is 1. The maximum absolute atomic E-state index is 11.8. The van der Waals surface area contributed by atoms with Crippen molar-refractivity contribution < 1.29 is 9.63 Å². The van der Waals surface area contributed by atoms with Gasteiger partial charge in [-0.1, -0.05) is 5.16 Å². The minimum Gasteiger partial charge on any atom is -0.383 e. The lowest BCUT2D eigenvalue weighted by Gasteiger charge is -2.03. The Kier molecular flexibility index (Phi) is 4.08. The van der Waals surface area contributed by atoms with Crippen LogP contribution in [0.15, 0.2) is 21.1 Å². The van der Waals surface area contributed by atoms with Crippen LogP contribution in [0.5, 0.6) is 0 Å². The number of fused-ring (bicyclic) bond motifs is 1. The van der Waals surface area contributed by atoms with E-state index in [0.29, 0.717) is 0 Å². The molecule has 0 spiro atoms. The highest BCUT2D eigenvalue weighted by Crippen LogP contribution is 2.04. The van der Waals surface area contributed by atoms with Gasteiger partial charge >= 0.3 is 11.7 Å². The molecule has 0 aliphatic carbocycles. The SMILES string of the molecule is Cn1c(=O)[nH]c(=O)c2c1ncn2CC(N)=NOC(=O)CCl. The molecular weight excluding hydrogens is 304 g/mol. The standard InChI is InChI=1S/C10H11ClN6O4/c1-16-8-7(9(19)14-10(16)20)17(4-13-8)3-5(12)15-21-6(18)2-11/h4H,2-3H2,1H3,(H2,12,15)(H,14,19,20). The average Bonchev–Trinajstić information content (AvgIpc) is 2.86. The molecule has 0 bridgehead atoms. The number of nitrogens with two attached hydrogens (primary N) is 1. The topological polar surface area (TPSA) is 137 Å². The van der Waals surface area contributed by atoms with E-state index in [1.54, 1.807) is 0 Å². The van der Waals surface area contributed by atoms with Crippen molar-refractivity contribution in [2.75, 3.05) is 5.88 Å². The first-order valence-electron chi connectivity index (χ1n) is 5.66. The fourth-order valence-corrected chi connectivity index (χ4v) is 1.69. The minimum absolute atomic E-state index is 0.0483. The molecular formula is C10H11ClN6O4. The number of aromatic amines is 1. The molecule has 0 radical (unpaired) electrons. The lowest BCUT2D eigenvalue weighted by molar-refractivity contribution is -0.140. The van der Waals surface area contributed by atoms with Crippen LogP contribution in [0, 0.1) is 0 Å². The summed E-state index contributed by atoms with van der Waals surface area (Å²) < 4.78 is 2.56. The Morgan fingerprint density at radius 1 is 1.57 bits per heavy atom. The van der Waals surface area contributed by atoms with Crippen molar-refractivity contribution in [1.82, 2.24) is 19.1 Å². The predicted molar refractivity (Wildman–Crippen MR) is 74.0 cm³/mol. The van der Waals surface area contributed by atoms with Crippen molar-refractivity contribution in [3.8, 4) is 0 Å². The third-order valence-electron chi connectivity index (χ3n) is 2.58. The molecule has 0 atom stereocenters. The van der Waals surface area contributed by atoms with Gasteiger partial charge in [-0.2, -0.15) is 0 Å². The van der Waals surface area contributed by atoms with Crippen LogP contribution >= 0.6 is 11.6 Å². The fourth-order valence-electron chi connectivity index (χ4n) is 1.64. The highest BCUT2D eigenvalue weighted by molar-refractivity contribution is 6.26. The number of oxime groups is 1. The van der Waals surface area contributed by atoms with Crippen molar-refractivity contribution >= 4 is 34.6 Å². The van der Waals surface area contributed by atoms with Crippen LogP contribution in [0.1, 0.15) is 0 Å². The van der Waals surface area contributed by atoms with Gasteiger partial charge in [-0.25, -0.2) is 14.6 Å². The lowest BCUT2D eigenvalue weighted by Crippen LogP contribution is -2.30. The van der Waals surface area contributed by atoms with Crippen LogP contribution in [-0.4, -0.2) is 36.8 Å². The Balaban J connectivity index is 2.36. The van der Waals surface area contributed by atoms with Gasteiger partial charge in [0.05, 0.1) is 12.9 Å². The van der Waals surface area contributed by atoms with Crippen LogP contribution < -0.4 is 17.0 Å². The molecule has 112 valence electrons. The summed E-state index contributed by atoms with van der Waals surface area (Å²) in [6.45, 7) is -0.0483. The molecule has 0 fully saturated rings. The Morgan fingerprint density at radius 3 is 2.95 bits per heavy atom. The Morgan fingerprint density at radius 2 is 2.29 bits per heavy atom. The largest absolute Gasteiger partial charge is 0.383 e. The van der Waals surface area contributed by atoms with E-state index in [1.807, 2.05) is 0 Å². The number of rotatable bonds is 4. The summed E-state index contributed by atoms with van der Waals surface area (Å²) in [5, 5.41) is 3.38. The van der Waals surface area contributed by atoms with Gasteiger partial charge in [-0.15, -0.1) is 11.6 Å². The number of imidazole rings is 1. The van der Waals surface area contributed by atoms with Crippen molar-refractivity contribution in [2.45, 2.75) is 6.54 Å². The molecule has 0 aliphatic heterocycles. The zero-order valence-electron chi connectivity index (χ0n) is 10.9. The van der Waals surface area contributed by atoms with Crippen LogP contribution in [0.3, 0.4) is 0 Å². The summed E-state index contributed by atoms with van der Waals surface area (Å²) in [6.07, 6.45) is 1.32. The number of H-pyrrole nitrogens is 1. The number of nitrogens with zero attached hydrogens (tertiary/aromatic N) is 4. The number of aryl methyl sites for hydroxylation is 1. The van der Waals surface area contributed by atoms with E-state index >= 15 is 0 Å². The number of alkyl halides is 1. The molecule has 2 heterocycles. The molecule has 2 rings (SSSR count). The summed E-state index contributed by atoms with van der Waals surface area (Å²) in [6, 6.07) is 0. The second-order valence-corrected chi connectivity index (χ2v) is 4.31. The molecule has 10 nitrogen and oxygen atoms in total. The molecule has 2 aromatic heterocycles. The molecule has 0 aliphatic rings. The summed E-state index contributed by atoms with van der Waals surface area (Å²) in [4.78, 5) is 44.6. The van der Waals surface area contributed by atoms with Crippen LogP contribution in [0.2, 0.25) is 0 Å². The first-order valence-corrected chi connectivity index (χ1v) is 6.19. The van der Waals surface area contributed by atoms with Gasteiger partial charge in [0.2, 0.25) is 0 Å². The molecule has 0 amide bonds.